The highest BCUT2D eigenvalue weighted by molar-refractivity contribution is 7.20. The lowest BCUT2D eigenvalue weighted by Crippen LogP contribution is -2.35. The van der Waals surface area contributed by atoms with Crippen LogP contribution in [0, 0.1) is 5.41 Å². The van der Waals surface area contributed by atoms with Gasteiger partial charge in [-0.15, -0.1) is 11.3 Å². The molecule has 0 aliphatic heterocycles. The van der Waals surface area contributed by atoms with Gasteiger partial charge >= 0.3 is 5.97 Å². The van der Waals surface area contributed by atoms with Crippen molar-refractivity contribution in [3.05, 3.63) is 63.6 Å². The normalized spacial score (nSPS) is 12.3. The predicted octanol–water partition coefficient (Wildman–Crippen LogP) is 6.11. The fourth-order valence-electron chi connectivity index (χ4n) is 3.67. The number of halogens is 1. The summed E-state index contributed by atoms with van der Waals surface area (Å²) in [6.45, 7) is 6.10. The van der Waals surface area contributed by atoms with E-state index in [4.69, 9.17) is 21.7 Å². The Morgan fingerprint density at radius 2 is 2.03 bits per heavy atom. The topological polar surface area (TPSA) is 66.3 Å². The van der Waals surface area contributed by atoms with E-state index >= 15 is 0 Å². The quantitative estimate of drug-likeness (QED) is 0.270. The minimum absolute atomic E-state index is 0.189. The monoisotopic (exact) mass is 471 g/mol. The molecule has 5 nitrogen and oxygen atoms in total. The van der Waals surface area contributed by atoms with Crippen LogP contribution in [0.25, 0.3) is 10.2 Å². The second-order valence-corrected chi connectivity index (χ2v) is 9.53. The smallest absolute Gasteiger partial charge is 0.309 e. The van der Waals surface area contributed by atoms with Crippen LogP contribution < -0.4 is 0 Å². The van der Waals surface area contributed by atoms with Crippen LogP contribution in [0.3, 0.4) is 0 Å². The lowest BCUT2D eigenvalue weighted by Gasteiger charge is -2.29. The summed E-state index contributed by atoms with van der Waals surface area (Å²) in [5, 5.41) is 10.1. The van der Waals surface area contributed by atoms with Gasteiger partial charge in [-0.25, -0.2) is 4.98 Å². The molecule has 3 aromatic rings. The van der Waals surface area contributed by atoms with Gasteiger partial charge in [-0.2, -0.15) is 0 Å². The molecule has 0 radical (unpaired) electrons. The summed E-state index contributed by atoms with van der Waals surface area (Å²) in [5.41, 5.74) is 3.56. The molecule has 0 saturated carbocycles. The summed E-state index contributed by atoms with van der Waals surface area (Å²) < 4.78 is 5.80. The molecule has 1 aromatic heterocycles. The molecule has 3 rings (SSSR count). The molecule has 32 heavy (non-hydrogen) atoms. The van der Waals surface area contributed by atoms with Crippen molar-refractivity contribution in [2.24, 2.45) is 0 Å². The van der Waals surface area contributed by atoms with E-state index in [0.717, 1.165) is 52.3 Å². The number of rotatable bonds is 11. The van der Waals surface area contributed by atoms with Crippen LogP contribution in [-0.2, 0) is 22.5 Å². The summed E-state index contributed by atoms with van der Waals surface area (Å²) in [6.07, 6.45) is 3.11. The highest BCUT2D eigenvalue weighted by Crippen LogP contribution is 2.26. The highest BCUT2D eigenvalue weighted by atomic mass is 35.5. The Morgan fingerprint density at radius 3 is 2.78 bits per heavy atom. The van der Waals surface area contributed by atoms with Crippen molar-refractivity contribution in [3.63, 3.8) is 0 Å². The number of aromatic nitrogens is 1. The van der Waals surface area contributed by atoms with E-state index < -0.39 is 0 Å². The van der Waals surface area contributed by atoms with Crippen LogP contribution in [0.15, 0.2) is 42.5 Å². The van der Waals surface area contributed by atoms with Crippen molar-refractivity contribution in [2.45, 2.75) is 52.1 Å². The summed E-state index contributed by atoms with van der Waals surface area (Å²) in [4.78, 5) is 18.7. The summed E-state index contributed by atoms with van der Waals surface area (Å²) in [6, 6.07) is 13.9. The molecular formula is C25H30ClN3O2S. The van der Waals surface area contributed by atoms with E-state index in [2.05, 4.69) is 35.9 Å². The number of carbonyl (C=O) groups excluding carboxylic acids is 1. The predicted molar refractivity (Wildman–Crippen MR) is 133 cm³/mol. The van der Waals surface area contributed by atoms with E-state index in [1.165, 1.54) is 18.4 Å². The number of benzene rings is 2. The average Bonchev–Trinajstić information content (AvgIpc) is 3.20. The molecule has 0 bridgehead atoms. The summed E-state index contributed by atoms with van der Waals surface area (Å²) >= 11 is 7.62. The van der Waals surface area contributed by atoms with Crippen molar-refractivity contribution < 1.29 is 9.53 Å². The van der Waals surface area contributed by atoms with E-state index in [1.54, 1.807) is 0 Å². The molecule has 170 valence electrons. The average molecular weight is 472 g/mol. The third-order valence-electron chi connectivity index (χ3n) is 5.48. The standard InChI is InChI=1S/C25H30ClN3O2S/c1-4-5-11-29(16-19-8-6-7-18(13-19)14-24(30)31-3)17(2)12-21(27)25-28-22-10-9-20(26)15-23(22)32-25/h6-10,13,15,17,27H,4-5,11-12,14,16H2,1-3H3. The van der Waals surface area contributed by atoms with Gasteiger partial charge in [0.05, 0.1) is 29.5 Å². The molecule has 1 heterocycles. The minimum Gasteiger partial charge on any atom is -0.469 e. The first-order valence-electron chi connectivity index (χ1n) is 10.9. The molecule has 0 aliphatic carbocycles. The van der Waals surface area contributed by atoms with Gasteiger partial charge in [-0.05, 0) is 49.2 Å². The van der Waals surface area contributed by atoms with E-state index in [9.17, 15) is 4.79 Å². The zero-order valence-electron chi connectivity index (χ0n) is 18.9. The molecular weight excluding hydrogens is 442 g/mol. The van der Waals surface area contributed by atoms with Crippen molar-refractivity contribution in [1.82, 2.24) is 9.88 Å². The largest absolute Gasteiger partial charge is 0.469 e. The van der Waals surface area contributed by atoms with Crippen LogP contribution in [0.5, 0.6) is 0 Å². The maximum atomic E-state index is 11.6. The maximum Gasteiger partial charge on any atom is 0.309 e. The third-order valence-corrected chi connectivity index (χ3v) is 6.80. The van der Waals surface area contributed by atoms with Crippen LogP contribution in [0.2, 0.25) is 5.02 Å². The van der Waals surface area contributed by atoms with E-state index in [1.807, 2.05) is 30.3 Å². The number of fused-ring (bicyclic) bond motifs is 1. The van der Waals surface area contributed by atoms with E-state index in [0.29, 0.717) is 17.2 Å². The number of carbonyl (C=O) groups is 1. The first kappa shape index (κ1) is 24.4. The number of esters is 1. The molecule has 1 unspecified atom stereocenters. The van der Waals surface area contributed by atoms with Gasteiger partial charge < -0.3 is 10.1 Å². The zero-order chi connectivity index (χ0) is 23.1. The Kier molecular flexibility index (Phi) is 8.79. The lowest BCUT2D eigenvalue weighted by molar-refractivity contribution is -0.139. The second-order valence-electron chi connectivity index (χ2n) is 8.06. The number of methoxy groups -OCH3 is 1. The number of hydrogen-bond acceptors (Lipinski definition) is 6. The number of ether oxygens (including phenoxy) is 1. The number of thiazole rings is 1. The van der Waals surface area contributed by atoms with Gasteiger partial charge in [-0.1, -0.05) is 49.2 Å². The van der Waals surface area contributed by atoms with Gasteiger partial charge in [0.15, 0.2) is 0 Å². The maximum absolute atomic E-state index is 11.6. The fraction of sp³-hybridized carbons (Fsp3) is 0.400. The lowest BCUT2D eigenvalue weighted by atomic mass is 10.1. The molecule has 0 saturated heterocycles. The number of unbranched alkanes of at least 4 members (excludes halogenated alkanes) is 1. The molecule has 2 aromatic carbocycles. The van der Waals surface area contributed by atoms with Crippen LogP contribution in [0.1, 0.15) is 49.2 Å². The Bertz CT molecular complexity index is 1080. The second kappa shape index (κ2) is 11.5. The van der Waals surface area contributed by atoms with Gasteiger partial charge in [0.2, 0.25) is 0 Å². The van der Waals surface area contributed by atoms with Crippen LogP contribution >= 0.6 is 22.9 Å². The number of hydrogen-bond donors (Lipinski definition) is 1. The summed E-state index contributed by atoms with van der Waals surface area (Å²) in [5.74, 6) is -0.232. The van der Waals surface area contributed by atoms with Gasteiger partial charge in [0.1, 0.15) is 5.01 Å². The van der Waals surface area contributed by atoms with Crippen molar-refractivity contribution in [2.75, 3.05) is 13.7 Å². The number of nitrogens with one attached hydrogen (secondary N) is 1. The fourth-order valence-corrected chi connectivity index (χ4v) is 4.87. The van der Waals surface area contributed by atoms with Crippen molar-refractivity contribution >= 4 is 44.8 Å². The Labute approximate surface area is 198 Å². The Morgan fingerprint density at radius 1 is 1.25 bits per heavy atom. The number of nitrogens with zero attached hydrogens (tertiary/aromatic N) is 2. The van der Waals surface area contributed by atoms with Crippen molar-refractivity contribution in [3.8, 4) is 0 Å². The molecule has 0 amide bonds. The van der Waals surface area contributed by atoms with Gasteiger partial charge in [0.25, 0.3) is 0 Å². The van der Waals surface area contributed by atoms with Gasteiger partial charge in [-0.3, -0.25) is 9.69 Å². The molecule has 7 heteroatoms. The minimum atomic E-state index is -0.232. The summed E-state index contributed by atoms with van der Waals surface area (Å²) in [7, 11) is 1.41. The zero-order valence-corrected chi connectivity index (χ0v) is 20.4. The first-order chi connectivity index (χ1) is 15.4. The first-order valence-corrected chi connectivity index (χ1v) is 12.1. The van der Waals surface area contributed by atoms with Gasteiger partial charge in [0, 0.05) is 24.0 Å². The Balaban J connectivity index is 1.71. The third kappa shape index (κ3) is 6.61. The van der Waals surface area contributed by atoms with E-state index in [-0.39, 0.29) is 18.4 Å². The van der Waals surface area contributed by atoms with Crippen LogP contribution in [-0.4, -0.2) is 41.3 Å². The van der Waals surface area contributed by atoms with Crippen molar-refractivity contribution in [1.29, 1.82) is 5.41 Å². The molecule has 0 spiro atoms. The molecule has 0 fully saturated rings. The molecule has 1 atom stereocenters. The highest BCUT2D eigenvalue weighted by Gasteiger charge is 2.19. The van der Waals surface area contributed by atoms with Crippen LogP contribution in [0.4, 0.5) is 0 Å². The molecule has 0 aliphatic rings. The SMILES string of the molecule is CCCCN(Cc1cccc(CC(=O)OC)c1)C(C)CC(=N)c1nc2ccc(Cl)cc2s1. The molecule has 1 N–H and O–H groups in total. The Hall–Kier alpha value is -2.28.